The maximum Gasteiger partial charge on any atom is 0.0743 e. The van der Waals surface area contributed by atoms with Gasteiger partial charge in [0, 0.05) is 15.7 Å². The van der Waals surface area contributed by atoms with Gasteiger partial charge in [-0.25, -0.2) is 0 Å². The van der Waals surface area contributed by atoms with Gasteiger partial charge in [0.25, 0.3) is 0 Å². The number of allylic oxidation sites excluding steroid dienone is 2. The summed E-state index contributed by atoms with van der Waals surface area (Å²) in [4.78, 5) is 5.39. The highest BCUT2D eigenvalue weighted by molar-refractivity contribution is 9.10. The number of nitrogens with zero attached hydrogens (tertiary/aromatic N) is 1. The number of aliphatic imine (C=N–C) groups is 1. The van der Waals surface area contributed by atoms with Crippen LogP contribution in [0, 0.1) is 0 Å². The van der Waals surface area contributed by atoms with Crippen LogP contribution in [-0.2, 0) is 0 Å². The molecule has 0 aliphatic heterocycles. The van der Waals surface area contributed by atoms with Crippen LogP contribution in [0.3, 0.4) is 0 Å². The van der Waals surface area contributed by atoms with Crippen LogP contribution in [0.2, 0.25) is 0 Å². The minimum Gasteiger partial charge on any atom is -0.252 e. The summed E-state index contributed by atoms with van der Waals surface area (Å²) in [6.45, 7) is 17.4. The Balaban J connectivity index is 0.00000210. The Hall–Kier alpha value is -2.71. The van der Waals surface area contributed by atoms with Gasteiger partial charge in [-0.1, -0.05) is 130 Å². The van der Waals surface area contributed by atoms with E-state index in [1.165, 1.54) is 16.7 Å². The van der Waals surface area contributed by atoms with Gasteiger partial charge in [-0.3, -0.25) is 4.99 Å². The van der Waals surface area contributed by atoms with Crippen LogP contribution < -0.4 is 0 Å². The molecule has 184 valence electrons. The second kappa shape index (κ2) is 14.6. The number of hydrogen-bond donors (Lipinski definition) is 0. The van der Waals surface area contributed by atoms with Gasteiger partial charge in [0.2, 0.25) is 0 Å². The summed E-state index contributed by atoms with van der Waals surface area (Å²) in [5, 5.41) is 0. The SMILES string of the molecule is C=C(/C(C)=C(\N=C(CCC)c1ccccc1)c1cc(Br)ccc1C(C)CC)c1ccccc1.CC. The Kier molecular flexibility index (Phi) is 11.9. The molecule has 35 heavy (non-hydrogen) atoms. The molecule has 3 aromatic rings. The molecule has 0 fully saturated rings. The van der Waals surface area contributed by atoms with Gasteiger partial charge in [-0.15, -0.1) is 0 Å². The first-order valence-corrected chi connectivity index (χ1v) is 13.6. The zero-order valence-corrected chi connectivity index (χ0v) is 23.8. The molecule has 0 radical (unpaired) electrons. The summed E-state index contributed by atoms with van der Waals surface area (Å²) < 4.78 is 1.06. The van der Waals surface area contributed by atoms with Crippen molar-refractivity contribution in [3.05, 3.63) is 118 Å². The van der Waals surface area contributed by atoms with Crippen molar-refractivity contribution in [2.75, 3.05) is 0 Å². The molecule has 0 saturated carbocycles. The summed E-state index contributed by atoms with van der Waals surface area (Å²) in [6, 6.07) is 27.5. The third kappa shape index (κ3) is 7.64. The first-order chi connectivity index (χ1) is 17.0. The summed E-state index contributed by atoms with van der Waals surface area (Å²) in [6.07, 6.45) is 3.03. The molecule has 3 aromatic carbocycles. The largest absolute Gasteiger partial charge is 0.252 e. The lowest BCUT2D eigenvalue weighted by molar-refractivity contribution is 0.731. The van der Waals surface area contributed by atoms with Crippen LogP contribution in [0.15, 0.2) is 100 Å². The number of rotatable bonds is 9. The summed E-state index contributed by atoms with van der Waals surface area (Å²) in [7, 11) is 0. The molecule has 1 unspecified atom stereocenters. The Morgan fingerprint density at radius 1 is 0.886 bits per heavy atom. The van der Waals surface area contributed by atoms with Gasteiger partial charge in [-0.05, 0) is 65.7 Å². The second-order valence-electron chi connectivity index (χ2n) is 8.53. The van der Waals surface area contributed by atoms with E-state index in [1.807, 2.05) is 19.9 Å². The normalized spacial score (nSPS) is 12.8. The van der Waals surface area contributed by atoms with E-state index in [2.05, 4.69) is 123 Å². The first-order valence-electron chi connectivity index (χ1n) is 12.8. The Morgan fingerprint density at radius 2 is 1.46 bits per heavy atom. The van der Waals surface area contributed by atoms with Crippen LogP contribution in [0.5, 0.6) is 0 Å². The maximum absolute atomic E-state index is 5.39. The van der Waals surface area contributed by atoms with E-state index in [-0.39, 0.29) is 0 Å². The highest BCUT2D eigenvalue weighted by atomic mass is 79.9. The van der Waals surface area contributed by atoms with E-state index >= 15 is 0 Å². The first kappa shape index (κ1) is 28.5. The summed E-state index contributed by atoms with van der Waals surface area (Å²) >= 11 is 3.72. The molecule has 0 heterocycles. The number of halogens is 1. The van der Waals surface area contributed by atoms with Crippen LogP contribution in [0.25, 0.3) is 11.3 Å². The van der Waals surface area contributed by atoms with Crippen molar-refractivity contribution in [2.24, 2.45) is 4.99 Å². The van der Waals surface area contributed by atoms with Gasteiger partial charge in [0.05, 0.1) is 5.70 Å². The fourth-order valence-corrected chi connectivity index (χ4v) is 4.36. The predicted molar refractivity (Wildman–Crippen MR) is 160 cm³/mol. The molecular formula is C33H40BrN. The van der Waals surface area contributed by atoms with Gasteiger partial charge in [0.15, 0.2) is 0 Å². The third-order valence-electron chi connectivity index (χ3n) is 6.18. The lowest BCUT2D eigenvalue weighted by atomic mass is 9.89. The van der Waals surface area contributed by atoms with Crippen molar-refractivity contribution in [2.45, 2.75) is 66.7 Å². The summed E-state index contributed by atoms with van der Waals surface area (Å²) in [5.41, 5.74) is 9.04. The van der Waals surface area contributed by atoms with Crippen molar-refractivity contribution in [3.8, 4) is 0 Å². The zero-order valence-electron chi connectivity index (χ0n) is 22.2. The number of hydrogen-bond acceptors (Lipinski definition) is 1. The van der Waals surface area contributed by atoms with Crippen molar-refractivity contribution >= 4 is 32.9 Å². The van der Waals surface area contributed by atoms with Crippen molar-refractivity contribution in [3.63, 3.8) is 0 Å². The molecule has 0 saturated heterocycles. The fraction of sp³-hybridized carbons (Fsp3) is 0.303. The van der Waals surface area contributed by atoms with E-state index < -0.39 is 0 Å². The third-order valence-corrected chi connectivity index (χ3v) is 6.68. The minimum absolute atomic E-state index is 0.433. The van der Waals surface area contributed by atoms with Crippen molar-refractivity contribution in [1.82, 2.24) is 0 Å². The highest BCUT2D eigenvalue weighted by Gasteiger charge is 2.18. The van der Waals surface area contributed by atoms with Crippen LogP contribution in [-0.4, -0.2) is 5.71 Å². The molecular weight excluding hydrogens is 490 g/mol. The highest BCUT2D eigenvalue weighted by Crippen LogP contribution is 2.36. The molecule has 0 N–H and O–H groups in total. The quantitative estimate of drug-likeness (QED) is 0.193. The van der Waals surface area contributed by atoms with Crippen molar-refractivity contribution in [1.29, 1.82) is 0 Å². The van der Waals surface area contributed by atoms with E-state index in [4.69, 9.17) is 4.99 Å². The molecule has 0 aromatic heterocycles. The topological polar surface area (TPSA) is 12.4 Å². The minimum atomic E-state index is 0.433. The van der Waals surface area contributed by atoms with Crippen LogP contribution in [0.4, 0.5) is 0 Å². The Labute approximate surface area is 221 Å². The average Bonchev–Trinajstić information content (AvgIpc) is 2.92. The molecule has 1 nitrogen and oxygen atoms in total. The Bertz CT molecular complexity index is 1140. The van der Waals surface area contributed by atoms with Crippen LogP contribution >= 0.6 is 15.9 Å². The molecule has 0 aliphatic carbocycles. The molecule has 1 atom stereocenters. The zero-order chi connectivity index (χ0) is 25.8. The predicted octanol–water partition coefficient (Wildman–Crippen LogP) is 10.7. The molecule has 2 heteroatoms. The van der Waals surface area contributed by atoms with E-state index in [9.17, 15) is 0 Å². The smallest absolute Gasteiger partial charge is 0.0743 e. The lowest BCUT2D eigenvalue weighted by Gasteiger charge is -2.20. The molecule has 3 rings (SSSR count). The molecule has 0 aliphatic rings. The van der Waals surface area contributed by atoms with E-state index in [0.29, 0.717) is 5.92 Å². The Morgan fingerprint density at radius 3 is 2.00 bits per heavy atom. The van der Waals surface area contributed by atoms with Crippen LogP contribution in [0.1, 0.15) is 89.0 Å². The average molecular weight is 531 g/mol. The van der Waals surface area contributed by atoms with Gasteiger partial charge >= 0.3 is 0 Å². The molecule has 0 bridgehead atoms. The van der Waals surface area contributed by atoms with E-state index in [0.717, 1.165) is 51.9 Å². The summed E-state index contributed by atoms with van der Waals surface area (Å²) in [5.74, 6) is 0.433. The van der Waals surface area contributed by atoms with Gasteiger partial charge < -0.3 is 0 Å². The maximum atomic E-state index is 5.39. The lowest BCUT2D eigenvalue weighted by Crippen LogP contribution is -2.05. The fourth-order valence-electron chi connectivity index (χ4n) is 4.00. The monoisotopic (exact) mass is 529 g/mol. The molecule has 0 amide bonds. The van der Waals surface area contributed by atoms with Crippen molar-refractivity contribution < 1.29 is 0 Å². The second-order valence-corrected chi connectivity index (χ2v) is 9.45. The van der Waals surface area contributed by atoms with Gasteiger partial charge in [0.1, 0.15) is 0 Å². The number of benzene rings is 3. The van der Waals surface area contributed by atoms with E-state index in [1.54, 1.807) is 0 Å². The van der Waals surface area contributed by atoms with Gasteiger partial charge in [-0.2, -0.15) is 0 Å². The standard InChI is InChI=1S/C31H34BrN.C2H6/c1-6-14-30(26-17-12-9-13-18-26)33-31(24(5)23(4)25-15-10-8-11-16-25)29-21-27(32)19-20-28(29)22(3)7-2;1-2/h8-13,15-22H,4,6-7,14H2,1-3,5H3;1-2H3/b31-24-,33-30?;. The molecule has 0 spiro atoms.